The van der Waals surface area contributed by atoms with Gasteiger partial charge >= 0.3 is 6.18 Å². The fraction of sp³-hybridized carbons (Fsp3) is 0.310. The quantitative estimate of drug-likeness (QED) is 0.295. The number of thiazole rings is 1. The van der Waals surface area contributed by atoms with Gasteiger partial charge in [0.1, 0.15) is 10.3 Å². The Kier molecular flexibility index (Phi) is 6.47. The van der Waals surface area contributed by atoms with Gasteiger partial charge in [-0.3, -0.25) is 9.78 Å². The van der Waals surface area contributed by atoms with Crippen molar-refractivity contribution in [3.05, 3.63) is 88.9 Å². The molecule has 3 aliphatic carbocycles. The Morgan fingerprint density at radius 1 is 1.11 bits per heavy atom. The highest BCUT2D eigenvalue weighted by Crippen LogP contribution is 2.49. The number of aromatic nitrogens is 3. The molecule has 194 valence electrons. The molecule has 1 N–H and O–H groups in total. The molecule has 0 radical (unpaired) electrons. The Balaban J connectivity index is 1.12. The average Bonchev–Trinajstić information content (AvgIpc) is 3.31. The highest BCUT2D eigenvalue weighted by atomic mass is 32.1. The molecule has 1 aromatic carbocycles. The van der Waals surface area contributed by atoms with Crippen molar-refractivity contribution >= 4 is 38.8 Å². The van der Waals surface area contributed by atoms with Crippen molar-refractivity contribution in [2.24, 2.45) is 17.8 Å². The van der Waals surface area contributed by atoms with Gasteiger partial charge in [-0.15, -0.1) is 0 Å². The summed E-state index contributed by atoms with van der Waals surface area (Å²) in [5.74, 6) is 0.693. The molecule has 3 saturated carbocycles. The van der Waals surface area contributed by atoms with Gasteiger partial charge in [0.05, 0.1) is 5.56 Å². The van der Waals surface area contributed by atoms with Crippen molar-refractivity contribution in [2.75, 3.05) is 5.32 Å². The molecule has 3 unspecified atom stereocenters. The fourth-order valence-electron chi connectivity index (χ4n) is 5.72. The van der Waals surface area contributed by atoms with E-state index in [1.165, 1.54) is 23.0 Å². The van der Waals surface area contributed by atoms with Gasteiger partial charge in [-0.05, 0) is 72.9 Å². The predicted octanol–water partition coefficient (Wildman–Crippen LogP) is 7.15. The number of amides is 1. The number of pyridine rings is 2. The largest absolute Gasteiger partial charge is 0.417 e. The van der Waals surface area contributed by atoms with Gasteiger partial charge < -0.3 is 5.32 Å². The van der Waals surface area contributed by atoms with E-state index >= 15 is 0 Å². The van der Waals surface area contributed by atoms with Crippen molar-refractivity contribution in [3.8, 4) is 0 Å². The number of carbonyl (C=O) groups is 1. The normalized spacial score (nSPS) is 22.2. The maximum atomic E-state index is 13.1. The zero-order valence-corrected chi connectivity index (χ0v) is 21.2. The smallest absolute Gasteiger partial charge is 0.302 e. The number of carbonyl (C=O) groups excluding carboxylic acids is 1. The lowest BCUT2D eigenvalue weighted by molar-refractivity contribution is -0.137. The Bertz CT molecular complexity index is 1480. The summed E-state index contributed by atoms with van der Waals surface area (Å²) in [6.07, 6.45) is 4.78. The minimum absolute atomic E-state index is 0.0250. The van der Waals surface area contributed by atoms with E-state index in [1.807, 2.05) is 30.3 Å². The topological polar surface area (TPSA) is 67.8 Å². The predicted molar refractivity (Wildman–Crippen MR) is 141 cm³/mol. The Morgan fingerprint density at radius 3 is 2.74 bits per heavy atom. The van der Waals surface area contributed by atoms with Crippen LogP contribution in [0.3, 0.4) is 0 Å². The van der Waals surface area contributed by atoms with Crippen molar-refractivity contribution < 1.29 is 18.0 Å². The molecular formula is C29H25F3N4OS. The van der Waals surface area contributed by atoms with Crippen LogP contribution in [0.4, 0.5) is 18.3 Å². The number of benzene rings is 1. The van der Waals surface area contributed by atoms with Crippen LogP contribution in [0.15, 0.2) is 66.5 Å². The van der Waals surface area contributed by atoms with Crippen molar-refractivity contribution in [1.82, 2.24) is 15.0 Å². The molecular weight excluding hydrogens is 509 g/mol. The molecule has 9 heteroatoms. The van der Waals surface area contributed by atoms with Gasteiger partial charge in [0.25, 0.3) is 0 Å². The molecule has 3 aliphatic rings. The molecule has 3 aromatic heterocycles. The molecule has 38 heavy (non-hydrogen) atoms. The highest BCUT2D eigenvalue weighted by Gasteiger charge is 2.42. The van der Waals surface area contributed by atoms with Crippen LogP contribution in [0.25, 0.3) is 16.4 Å². The van der Waals surface area contributed by atoms with Crippen LogP contribution in [0, 0.1) is 17.8 Å². The summed E-state index contributed by atoms with van der Waals surface area (Å²) in [5, 5.41) is 3.63. The number of nitrogens with one attached hydrogen (secondary N) is 1. The van der Waals surface area contributed by atoms with Crippen LogP contribution >= 0.6 is 11.3 Å². The van der Waals surface area contributed by atoms with E-state index in [-0.39, 0.29) is 11.8 Å². The Labute approximate surface area is 221 Å². The van der Waals surface area contributed by atoms with Gasteiger partial charge in [-0.1, -0.05) is 47.3 Å². The summed E-state index contributed by atoms with van der Waals surface area (Å²) >= 11 is 1.40. The van der Waals surface area contributed by atoms with Gasteiger partial charge in [-0.2, -0.15) is 13.2 Å². The number of fused-ring (bicyclic) bond motifs is 4. The molecule has 0 spiro atoms. The summed E-state index contributed by atoms with van der Waals surface area (Å²) in [6.45, 7) is 0. The first-order chi connectivity index (χ1) is 18.3. The molecule has 3 atom stereocenters. The van der Waals surface area contributed by atoms with Crippen LogP contribution in [0.5, 0.6) is 0 Å². The van der Waals surface area contributed by atoms with Crippen LogP contribution in [0.2, 0.25) is 0 Å². The third-order valence-electron chi connectivity index (χ3n) is 7.59. The van der Waals surface area contributed by atoms with Gasteiger partial charge in [-0.25, -0.2) is 9.97 Å². The fourth-order valence-corrected chi connectivity index (χ4v) is 6.53. The lowest BCUT2D eigenvalue weighted by atomic mass is 9.62. The van der Waals surface area contributed by atoms with Crippen molar-refractivity contribution in [1.29, 1.82) is 0 Å². The van der Waals surface area contributed by atoms with E-state index in [1.54, 1.807) is 6.20 Å². The second-order valence-electron chi connectivity index (χ2n) is 10.1. The van der Waals surface area contributed by atoms with Crippen molar-refractivity contribution in [3.63, 3.8) is 0 Å². The third kappa shape index (κ3) is 5.20. The molecule has 3 heterocycles. The van der Waals surface area contributed by atoms with Gasteiger partial charge in [0.15, 0.2) is 5.13 Å². The minimum atomic E-state index is -4.39. The zero-order chi connectivity index (χ0) is 26.3. The lowest BCUT2D eigenvalue weighted by Crippen LogP contribution is -2.39. The zero-order valence-electron chi connectivity index (χ0n) is 20.4. The van der Waals surface area contributed by atoms with E-state index in [0.717, 1.165) is 59.4 Å². The summed E-state index contributed by atoms with van der Waals surface area (Å²) < 4.78 is 38.5. The second kappa shape index (κ2) is 9.94. The van der Waals surface area contributed by atoms with E-state index in [4.69, 9.17) is 0 Å². The first-order valence-electron chi connectivity index (χ1n) is 12.7. The van der Waals surface area contributed by atoms with Crippen LogP contribution < -0.4 is 5.32 Å². The molecule has 7 rings (SSSR count). The minimum Gasteiger partial charge on any atom is -0.302 e. The molecule has 0 aliphatic heterocycles. The molecule has 2 bridgehead atoms. The van der Waals surface area contributed by atoms with Crippen LogP contribution in [-0.2, 0) is 17.4 Å². The first-order valence-corrected chi connectivity index (χ1v) is 13.5. The maximum absolute atomic E-state index is 13.1. The molecule has 1 amide bonds. The lowest BCUT2D eigenvalue weighted by Gasteiger charge is -2.43. The number of anilines is 1. The summed E-state index contributed by atoms with van der Waals surface area (Å²) in [7, 11) is 0. The summed E-state index contributed by atoms with van der Waals surface area (Å²) in [6, 6.07) is 14.3. The summed E-state index contributed by atoms with van der Waals surface area (Å²) in [5.41, 5.74) is 4.09. The monoisotopic (exact) mass is 534 g/mol. The highest BCUT2D eigenvalue weighted by molar-refractivity contribution is 7.21. The number of rotatable bonds is 5. The number of nitrogens with zero attached hydrogens (tertiary/aromatic N) is 3. The van der Waals surface area contributed by atoms with E-state index in [0.29, 0.717) is 29.1 Å². The molecule has 5 nitrogen and oxygen atoms in total. The maximum Gasteiger partial charge on any atom is 0.417 e. The number of halogens is 3. The standard InChI is InChI=1S/C29H25F3N4OS/c30-29(31,32)22-8-9-23(34-16-22)13-18-4-1-3-17(11-18)12-21-14-20-7-6-19(21)15-24(20)26(37)36-28-35-25-5-2-10-33-27(25)38-28/h1-5,8-12,16,19-20,24H,6-7,13-15H2,(H,35,36,37). The van der Waals surface area contributed by atoms with E-state index in [2.05, 4.69) is 32.4 Å². The third-order valence-corrected chi connectivity index (χ3v) is 8.48. The molecule has 4 aromatic rings. The Hall–Kier alpha value is -3.59. The number of hydrogen-bond acceptors (Lipinski definition) is 5. The van der Waals surface area contributed by atoms with Gasteiger partial charge in [0.2, 0.25) is 5.91 Å². The van der Waals surface area contributed by atoms with E-state index in [9.17, 15) is 18.0 Å². The number of allylic oxidation sites excluding steroid dienone is 1. The van der Waals surface area contributed by atoms with Crippen LogP contribution in [-0.4, -0.2) is 20.9 Å². The van der Waals surface area contributed by atoms with E-state index < -0.39 is 11.7 Å². The second-order valence-corrected chi connectivity index (χ2v) is 11.1. The van der Waals surface area contributed by atoms with Crippen molar-refractivity contribution in [2.45, 2.75) is 38.3 Å². The molecule has 3 fully saturated rings. The SMILES string of the molecule is O=C(Nc1nc2cccnc2s1)C1CC2CCC1CC2=Cc1cccc(Cc2ccc(C(F)(F)F)cn2)c1. The summed E-state index contributed by atoms with van der Waals surface area (Å²) in [4.78, 5) is 26.8. The number of alkyl halides is 3. The average molecular weight is 535 g/mol. The van der Waals surface area contributed by atoms with Gasteiger partial charge in [0, 0.05) is 30.4 Å². The first kappa shape index (κ1) is 24.7. The van der Waals surface area contributed by atoms with Crippen LogP contribution in [0.1, 0.15) is 48.1 Å². The molecule has 0 saturated heterocycles. The Morgan fingerprint density at radius 2 is 2.00 bits per heavy atom. The number of hydrogen-bond donors (Lipinski definition) is 1.